The van der Waals surface area contributed by atoms with E-state index in [0.717, 1.165) is 24.2 Å². The van der Waals surface area contributed by atoms with Crippen molar-refractivity contribution in [1.82, 2.24) is 10.6 Å². The molecule has 1 aromatic rings. The summed E-state index contributed by atoms with van der Waals surface area (Å²) in [5.74, 6) is 1.16. The highest BCUT2D eigenvalue weighted by Gasteiger charge is 2.28. The third-order valence-electron chi connectivity index (χ3n) is 3.13. The van der Waals surface area contributed by atoms with Crippen molar-refractivity contribution in [2.45, 2.75) is 19.4 Å². The number of nitrogens with zero attached hydrogens (tertiary/aromatic N) is 1. The fourth-order valence-electron chi connectivity index (χ4n) is 1.89. The van der Waals surface area contributed by atoms with Gasteiger partial charge in [-0.3, -0.25) is 4.79 Å². The van der Waals surface area contributed by atoms with E-state index in [1.54, 1.807) is 0 Å². The molecule has 0 aliphatic heterocycles. The number of carbonyl (C=O) groups is 1. The van der Waals surface area contributed by atoms with Crippen molar-refractivity contribution in [2.75, 3.05) is 19.7 Å². The Bertz CT molecular complexity index is 492. The molecule has 1 fully saturated rings. The van der Waals surface area contributed by atoms with Crippen LogP contribution in [0.1, 0.15) is 18.4 Å². The molecular weight excluding hydrogens is 254 g/mol. The highest BCUT2D eigenvalue weighted by atomic mass is 16.5. The molecule has 0 heterocycles. The second-order valence-electron chi connectivity index (χ2n) is 4.80. The Hall–Kier alpha value is -2.06. The van der Waals surface area contributed by atoms with Crippen LogP contribution in [0.25, 0.3) is 0 Å². The molecular formula is C15H19N3O2. The molecule has 1 aliphatic rings. The van der Waals surface area contributed by atoms with Crippen molar-refractivity contribution >= 4 is 5.91 Å². The SMILES string of the molecule is N#CCOc1ccccc1CNCCNC(=O)C1CC1. The number of rotatable bonds is 8. The minimum atomic E-state index is 0.0501. The maximum atomic E-state index is 11.4. The van der Waals surface area contributed by atoms with Gasteiger partial charge in [0.25, 0.3) is 0 Å². The Morgan fingerprint density at radius 2 is 2.15 bits per heavy atom. The predicted octanol–water partition coefficient (Wildman–Crippen LogP) is 1.20. The molecule has 1 aliphatic carbocycles. The van der Waals surface area contributed by atoms with Crippen molar-refractivity contribution < 1.29 is 9.53 Å². The van der Waals surface area contributed by atoms with E-state index in [-0.39, 0.29) is 18.4 Å². The van der Waals surface area contributed by atoms with Crippen LogP contribution in [-0.4, -0.2) is 25.6 Å². The van der Waals surface area contributed by atoms with Crippen LogP contribution in [0.2, 0.25) is 0 Å². The van der Waals surface area contributed by atoms with Crippen LogP contribution < -0.4 is 15.4 Å². The van der Waals surface area contributed by atoms with Gasteiger partial charge in [-0.1, -0.05) is 18.2 Å². The van der Waals surface area contributed by atoms with Gasteiger partial charge in [-0.25, -0.2) is 0 Å². The Morgan fingerprint density at radius 3 is 2.90 bits per heavy atom. The molecule has 1 saturated carbocycles. The maximum Gasteiger partial charge on any atom is 0.223 e. The summed E-state index contributed by atoms with van der Waals surface area (Å²) in [6, 6.07) is 9.59. The Labute approximate surface area is 118 Å². The van der Waals surface area contributed by atoms with E-state index in [0.29, 0.717) is 19.6 Å². The molecule has 1 aromatic carbocycles. The molecule has 0 aromatic heterocycles. The summed E-state index contributed by atoms with van der Waals surface area (Å²) in [4.78, 5) is 11.4. The van der Waals surface area contributed by atoms with Gasteiger partial charge in [0.05, 0.1) is 0 Å². The van der Waals surface area contributed by atoms with Crippen LogP contribution in [0.15, 0.2) is 24.3 Å². The maximum absolute atomic E-state index is 11.4. The van der Waals surface area contributed by atoms with Crippen LogP contribution in [0, 0.1) is 17.2 Å². The first kappa shape index (κ1) is 14.4. The van der Waals surface area contributed by atoms with E-state index in [1.165, 1.54) is 0 Å². The van der Waals surface area contributed by atoms with Crippen LogP contribution in [0.5, 0.6) is 5.75 Å². The molecule has 5 nitrogen and oxygen atoms in total. The summed E-state index contributed by atoms with van der Waals surface area (Å²) in [7, 11) is 0. The molecule has 106 valence electrons. The van der Waals surface area contributed by atoms with Crippen molar-refractivity contribution in [3.05, 3.63) is 29.8 Å². The van der Waals surface area contributed by atoms with Gasteiger partial charge in [0.1, 0.15) is 11.8 Å². The number of nitriles is 1. The summed E-state index contributed by atoms with van der Waals surface area (Å²) < 4.78 is 5.35. The molecule has 0 saturated heterocycles. The van der Waals surface area contributed by atoms with Gasteiger partial charge in [-0.05, 0) is 18.9 Å². The lowest BCUT2D eigenvalue weighted by atomic mass is 10.2. The topological polar surface area (TPSA) is 74.2 Å². The number of hydrogen-bond donors (Lipinski definition) is 2. The first-order valence-electron chi connectivity index (χ1n) is 6.87. The van der Waals surface area contributed by atoms with Gasteiger partial charge in [0.2, 0.25) is 5.91 Å². The summed E-state index contributed by atoms with van der Waals surface area (Å²) in [6.45, 7) is 2.05. The molecule has 5 heteroatoms. The smallest absolute Gasteiger partial charge is 0.223 e. The molecule has 0 unspecified atom stereocenters. The predicted molar refractivity (Wildman–Crippen MR) is 75.0 cm³/mol. The number of amides is 1. The molecule has 0 spiro atoms. The van der Waals surface area contributed by atoms with Crippen LogP contribution in [0.4, 0.5) is 0 Å². The monoisotopic (exact) mass is 273 g/mol. The van der Waals surface area contributed by atoms with Gasteiger partial charge < -0.3 is 15.4 Å². The number of benzene rings is 1. The average Bonchev–Trinajstić information content (AvgIpc) is 3.30. The average molecular weight is 273 g/mol. The molecule has 1 amide bonds. The zero-order chi connectivity index (χ0) is 14.2. The lowest BCUT2D eigenvalue weighted by Crippen LogP contribution is -2.32. The van der Waals surface area contributed by atoms with Gasteiger partial charge in [-0.15, -0.1) is 0 Å². The minimum absolute atomic E-state index is 0.0501. The Kier molecular flexibility index (Phi) is 5.39. The van der Waals surface area contributed by atoms with E-state index in [2.05, 4.69) is 10.6 Å². The normalized spacial score (nSPS) is 13.6. The van der Waals surface area contributed by atoms with E-state index in [1.807, 2.05) is 30.3 Å². The first-order valence-corrected chi connectivity index (χ1v) is 6.87. The van der Waals surface area contributed by atoms with Crippen LogP contribution in [-0.2, 0) is 11.3 Å². The minimum Gasteiger partial charge on any atom is -0.478 e. The van der Waals surface area contributed by atoms with Crippen molar-refractivity contribution in [2.24, 2.45) is 5.92 Å². The molecule has 2 N–H and O–H groups in total. The summed E-state index contributed by atoms with van der Waals surface area (Å²) in [5, 5.41) is 14.7. The number of nitrogens with one attached hydrogen (secondary N) is 2. The number of ether oxygens (including phenoxy) is 1. The number of hydrogen-bond acceptors (Lipinski definition) is 4. The fourth-order valence-corrected chi connectivity index (χ4v) is 1.89. The Balaban J connectivity index is 1.67. The van der Waals surface area contributed by atoms with Crippen LogP contribution >= 0.6 is 0 Å². The number of para-hydroxylation sites is 1. The lowest BCUT2D eigenvalue weighted by molar-refractivity contribution is -0.122. The zero-order valence-corrected chi connectivity index (χ0v) is 11.4. The summed E-state index contributed by atoms with van der Waals surface area (Å²) in [6.07, 6.45) is 2.06. The van der Waals surface area contributed by atoms with Gasteiger partial charge >= 0.3 is 0 Å². The van der Waals surface area contributed by atoms with Gasteiger partial charge in [0, 0.05) is 31.1 Å². The van der Waals surface area contributed by atoms with Crippen molar-refractivity contribution in [1.29, 1.82) is 5.26 Å². The molecule has 0 atom stereocenters. The third kappa shape index (κ3) is 4.56. The first-order chi connectivity index (χ1) is 9.81. The van der Waals surface area contributed by atoms with Crippen molar-refractivity contribution in [3.8, 4) is 11.8 Å². The molecule has 0 radical (unpaired) electrons. The highest BCUT2D eigenvalue weighted by Crippen LogP contribution is 2.28. The lowest BCUT2D eigenvalue weighted by Gasteiger charge is -2.10. The van der Waals surface area contributed by atoms with Gasteiger partial charge in [-0.2, -0.15) is 5.26 Å². The van der Waals surface area contributed by atoms with E-state index < -0.39 is 0 Å². The highest BCUT2D eigenvalue weighted by molar-refractivity contribution is 5.80. The second-order valence-corrected chi connectivity index (χ2v) is 4.80. The number of carbonyl (C=O) groups excluding carboxylic acids is 1. The Morgan fingerprint density at radius 1 is 1.35 bits per heavy atom. The van der Waals surface area contributed by atoms with E-state index in [9.17, 15) is 4.79 Å². The quantitative estimate of drug-likeness (QED) is 0.698. The molecule has 2 rings (SSSR count). The second kappa shape index (κ2) is 7.51. The van der Waals surface area contributed by atoms with Crippen molar-refractivity contribution in [3.63, 3.8) is 0 Å². The molecule has 0 bridgehead atoms. The van der Waals surface area contributed by atoms with Gasteiger partial charge in [0.15, 0.2) is 6.61 Å². The fraction of sp³-hybridized carbons (Fsp3) is 0.467. The largest absolute Gasteiger partial charge is 0.478 e. The third-order valence-corrected chi connectivity index (χ3v) is 3.13. The van der Waals surface area contributed by atoms with E-state index >= 15 is 0 Å². The summed E-state index contributed by atoms with van der Waals surface area (Å²) in [5.41, 5.74) is 1.01. The molecule has 20 heavy (non-hydrogen) atoms. The zero-order valence-electron chi connectivity index (χ0n) is 11.4. The standard InChI is InChI=1S/C15H19N3O2/c16-7-10-20-14-4-2-1-3-13(14)11-17-8-9-18-15(19)12-5-6-12/h1-4,12,17H,5-6,8-11H2,(H,18,19). The van der Waals surface area contributed by atoms with E-state index in [4.69, 9.17) is 10.00 Å². The summed E-state index contributed by atoms with van der Waals surface area (Å²) >= 11 is 0. The van der Waals surface area contributed by atoms with Crippen LogP contribution in [0.3, 0.4) is 0 Å².